The molecule has 1 amide bonds. The highest BCUT2D eigenvalue weighted by atomic mass is 16.2. The predicted octanol–water partition coefficient (Wildman–Crippen LogP) is 4.81. The molecule has 2 aliphatic carbocycles. The topological polar surface area (TPSA) is 51.0 Å². The van der Waals surface area contributed by atoms with Gasteiger partial charge in [0.15, 0.2) is 0 Å². The highest BCUT2D eigenvalue weighted by Gasteiger charge is 2.34. The molecule has 29 heavy (non-hydrogen) atoms. The van der Waals surface area contributed by atoms with Gasteiger partial charge in [0.25, 0.3) is 5.91 Å². The minimum atomic E-state index is 0.229. The first kappa shape index (κ1) is 18.3. The molecule has 2 saturated carbocycles. The summed E-state index contributed by atoms with van der Waals surface area (Å²) in [6.07, 6.45) is 15.2. The van der Waals surface area contributed by atoms with Crippen molar-refractivity contribution in [2.45, 2.75) is 70.0 Å². The lowest BCUT2D eigenvalue weighted by Gasteiger charge is -2.34. The molecule has 0 spiro atoms. The van der Waals surface area contributed by atoms with E-state index in [1.54, 1.807) is 6.20 Å². The Morgan fingerprint density at radius 3 is 2.28 bits per heavy atom. The molecule has 0 saturated heterocycles. The Morgan fingerprint density at radius 2 is 1.62 bits per heavy atom. The predicted molar refractivity (Wildman–Crippen MR) is 114 cm³/mol. The summed E-state index contributed by atoms with van der Waals surface area (Å²) in [4.78, 5) is 24.3. The van der Waals surface area contributed by atoms with Crippen LogP contribution in [0.25, 0.3) is 11.0 Å². The third kappa shape index (κ3) is 3.66. The van der Waals surface area contributed by atoms with E-state index in [0.29, 0.717) is 12.1 Å². The third-order valence-electron chi connectivity index (χ3n) is 6.65. The van der Waals surface area contributed by atoms with Crippen molar-refractivity contribution in [1.82, 2.24) is 19.4 Å². The van der Waals surface area contributed by atoms with Gasteiger partial charge in [-0.3, -0.25) is 9.78 Å². The zero-order valence-corrected chi connectivity index (χ0v) is 16.8. The van der Waals surface area contributed by atoms with Gasteiger partial charge < -0.3 is 9.47 Å². The number of carbonyl (C=O) groups excluding carboxylic acids is 1. The molecule has 5 rings (SSSR count). The van der Waals surface area contributed by atoms with E-state index in [1.165, 1.54) is 51.4 Å². The van der Waals surface area contributed by atoms with Crippen molar-refractivity contribution in [2.75, 3.05) is 0 Å². The van der Waals surface area contributed by atoms with Gasteiger partial charge in [-0.15, -0.1) is 0 Å². The van der Waals surface area contributed by atoms with Crippen molar-refractivity contribution in [3.05, 3.63) is 60.2 Å². The number of fused-ring (bicyclic) bond motifs is 1. The van der Waals surface area contributed by atoms with E-state index in [9.17, 15) is 4.79 Å². The average molecular weight is 389 g/mol. The van der Waals surface area contributed by atoms with E-state index < -0.39 is 0 Å². The van der Waals surface area contributed by atoms with Crippen LogP contribution in [0.15, 0.2) is 49.1 Å². The van der Waals surface area contributed by atoms with Crippen LogP contribution in [0.5, 0.6) is 0 Å². The largest absolute Gasteiger partial charge is 0.333 e. The molecule has 0 N–H and O–H groups in total. The summed E-state index contributed by atoms with van der Waals surface area (Å²) in [5.41, 5.74) is 3.97. The van der Waals surface area contributed by atoms with Crippen molar-refractivity contribution in [3.63, 3.8) is 0 Å². The van der Waals surface area contributed by atoms with Gasteiger partial charge in [-0.1, -0.05) is 37.8 Å². The van der Waals surface area contributed by atoms with Gasteiger partial charge >= 0.3 is 0 Å². The van der Waals surface area contributed by atoms with Crippen LogP contribution in [0.1, 0.15) is 67.3 Å². The van der Waals surface area contributed by atoms with Gasteiger partial charge in [-0.05, 0) is 49.4 Å². The zero-order valence-electron chi connectivity index (χ0n) is 16.8. The van der Waals surface area contributed by atoms with Crippen LogP contribution in [-0.4, -0.2) is 37.4 Å². The average Bonchev–Trinajstić information content (AvgIpc) is 3.52. The van der Waals surface area contributed by atoms with Gasteiger partial charge in [0, 0.05) is 30.4 Å². The summed E-state index contributed by atoms with van der Waals surface area (Å²) in [7, 11) is 0. The maximum Gasteiger partial charge on any atom is 0.254 e. The zero-order chi connectivity index (χ0) is 19.6. The second kappa shape index (κ2) is 7.97. The second-order valence-electron chi connectivity index (χ2n) is 8.52. The number of hydrogen-bond donors (Lipinski definition) is 0. The fourth-order valence-electron chi connectivity index (χ4n) is 5.12. The maximum absolute atomic E-state index is 13.4. The van der Waals surface area contributed by atoms with Crippen LogP contribution >= 0.6 is 0 Å². The van der Waals surface area contributed by atoms with Crippen molar-refractivity contribution in [3.8, 4) is 0 Å². The molecular weight excluding hydrogens is 360 g/mol. The van der Waals surface area contributed by atoms with Gasteiger partial charge in [-0.25, -0.2) is 4.98 Å². The lowest BCUT2D eigenvalue weighted by atomic mass is 10.0. The molecule has 150 valence electrons. The van der Waals surface area contributed by atoms with E-state index in [4.69, 9.17) is 0 Å². The molecule has 0 radical (unpaired) electrons. The van der Waals surface area contributed by atoms with Gasteiger partial charge in [0.05, 0.1) is 23.6 Å². The summed E-state index contributed by atoms with van der Waals surface area (Å²) in [5.74, 6) is 0.229. The van der Waals surface area contributed by atoms with Crippen LogP contribution in [0.2, 0.25) is 0 Å². The molecule has 0 unspecified atom stereocenters. The molecule has 2 aliphatic rings. The number of nitrogens with zero attached hydrogens (tertiary/aromatic N) is 4. The smallest absolute Gasteiger partial charge is 0.254 e. The Morgan fingerprint density at radius 1 is 0.966 bits per heavy atom. The van der Waals surface area contributed by atoms with Gasteiger partial charge in [-0.2, -0.15) is 0 Å². The molecular formula is C24H28N4O. The van der Waals surface area contributed by atoms with Crippen LogP contribution < -0.4 is 0 Å². The molecule has 3 aromatic rings. The quantitative estimate of drug-likeness (QED) is 0.630. The molecule has 1 aromatic carbocycles. The van der Waals surface area contributed by atoms with Crippen molar-refractivity contribution < 1.29 is 4.79 Å². The van der Waals surface area contributed by atoms with E-state index in [-0.39, 0.29) is 5.91 Å². The van der Waals surface area contributed by atoms with Crippen LogP contribution in [0, 0.1) is 0 Å². The first-order chi connectivity index (χ1) is 14.3. The lowest BCUT2D eigenvalue weighted by Crippen LogP contribution is -2.45. The number of imidazole rings is 1. The highest BCUT2D eigenvalue weighted by molar-refractivity contribution is 5.94. The first-order valence-electron chi connectivity index (χ1n) is 11.0. The molecule has 0 aliphatic heterocycles. The standard InChI is InChI=1S/C24H28N4O/c29-24(28(20-5-1-2-6-20)21-7-3-4-8-21)19-11-9-18(10-12-19)16-27-17-26-22-13-14-25-15-23(22)27/h9-15,17,20-21H,1-8,16H2. The van der Waals surface area contributed by atoms with E-state index in [0.717, 1.165) is 28.7 Å². The normalized spacial score (nSPS) is 17.9. The molecule has 5 heteroatoms. The van der Waals surface area contributed by atoms with Crippen LogP contribution in [0.3, 0.4) is 0 Å². The minimum absolute atomic E-state index is 0.229. The van der Waals surface area contributed by atoms with Crippen LogP contribution in [0.4, 0.5) is 0 Å². The number of rotatable bonds is 5. The fraction of sp³-hybridized carbons (Fsp3) is 0.458. The summed E-state index contributed by atoms with van der Waals surface area (Å²) >= 11 is 0. The molecule has 0 bridgehead atoms. The highest BCUT2D eigenvalue weighted by Crippen LogP contribution is 2.32. The Hall–Kier alpha value is -2.69. The lowest BCUT2D eigenvalue weighted by molar-refractivity contribution is 0.0580. The number of amides is 1. The number of benzene rings is 1. The molecule has 2 aromatic heterocycles. The molecule has 0 atom stereocenters. The Balaban J connectivity index is 1.35. The van der Waals surface area contributed by atoms with Gasteiger partial charge in [0.2, 0.25) is 0 Å². The van der Waals surface area contributed by atoms with E-state index in [1.807, 2.05) is 30.7 Å². The first-order valence-corrected chi connectivity index (χ1v) is 11.0. The van der Waals surface area contributed by atoms with E-state index in [2.05, 4.69) is 31.6 Å². The summed E-state index contributed by atoms with van der Waals surface area (Å²) in [6.45, 7) is 0.728. The van der Waals surface area contributed by atoms with Crippen molar-refractivity contribution in [2.24, 2.45) is 0 Å². The summed E-state index contributed by atoms with van der Waals surface area (Å²) in [5, 5.41) is 0. The molecule has 5 nitrogen and oxygen atoms in total. The summed E-state index contributed by atoms with van der Waals surface area (Å²) in [6, 6.07) is 11.0. The SMILES string of the molecule is O=C(c1ccc(Cn2cnc3ccncc32)cc1)N(C1CCCC1)C1CCCC1. The summed E-state index contributed by atoms with van der Waals surface area (Å²) < 4.78 is 2.10. The monoisotopic (exact) mass is 388 g/mol. The fourth-order valence-corrected chi connectivity index (χ4v) is 5.12. The Kier molecular flexibility index (Phi) is 5.04. The van der Waals surface area contributed by atoms with Gasteiger partial charge in [0.1, 0.15) is 0 Å². The van der Waals surface area contributed by atoms with E-state index >= 15 is 0 Å². The van der Waals surface area contributed by atoms with Crippen molar-refractivity contribution >= 4 is 16.9 Å². The maximum atomic E-state index is 13.4. The number of carbonyl (C=O) groups is 1. The molecule has 2 heterocycles. The Bertz CT molecular complexity index is 966. The minimum Gasteiger partial charge on any atom is -0.333 e. The second-order valence-corrected chi connectivity index (χ2v) is 8.52. The number of hydrogen-bond acceptors (Lipinski definition) is 3. The third-order valence-corrected chi connectivity index (χ3v) is 6.65. The number of pyridine rings is 1. The van der Waals surface area contributed by atoms with Crippen molar-refractivity contribution in [1.29, 1.82) is 0 Å². The number of aromatic nitrogens is 3. The van der Waals surface area contributed by atoms with Crippen LogP contribution in [-0.2, 0) is 6.54 Å². The molecule has 2 fully saturated rings. The Labute approximate surface area is 171 Å².